The van der Waals surface area contributed by atoms with Crippen molar-refractivity contribution >= 4 is 17.9 Å². The van der Waals surface area contributed by atoms with E-state index in [0.29, 0.717) is 22.6 Å². The van der Waals surface area contributed by atoms with Gasteiger partial charge in [0.15, 0.2) is 11.6 Å². The van der Waals surface area contributed by atoms with Crippen LogP contribution in [-0.4, -0.2) is 25.0 Å². The number of halogens is 1. The van der Waals surface area contributed by atoms with Crippen molar-refractivity contribution in [3.05, 3.63) is 126 Å². The van der Waals surface area contributed by atoms with E-state index in [4.69, 9.17) is 13.9 Å². The molecule has 4 rings (SSSR count). The van der Waals surface area contributed by atoms with Gasteiger partial charge < -0.3 is 24.5 Å². The van der Waals surface area contributed by atoms with Gasteiger partial charge in [-0.25, -0.2) is 4.39 Å². The van der Waals surface area contributed by atoms with Crippen LogP contribution in [0.4, 0.5) is 4.39 Å². The Morgan fingerprint density at radius 2 is 1.57 bits per heavy atom. The van der Waals surface area contributed by atoms with Gasteiger partial charge in [-0.15, -0.1) is 0 Å². The Kier molecular flexibility index (Phi) is 8.69. The van der Waals surface area contributed by atoms with E-state index >= 15 is 0 Å². The Labute approximate surface area is 213 Å². The maximum Gasteiger partial charge on any atom is 0.268 e. The topological polar surface area (TPSA) is 89.8 Å². The summed E-state index contributed by atoms with van der Waals surface area (Å²) in [7, 11) is 0. The van der Waals surface area contributed by atoms with Gasteiger partial charge >= 0.3 is 0 Å². The van der Waals surface area contributed by atoms with Crippen LogP contribution >= 0.6 is 0 Å². The second kappa shape index (κ2) is 12.7. The molecule has 0 spiro atoms. The Bertz CT molecular complexity index is 1340. The molecule has 0 aliphatic heterocycles. The first-order chi connectivity index (χ1) is 18.1. The Balaban J connectivity index is 1.39. The highest BCUT2D eigenvalue weighted by molar-refractivity contribution is 6.05. The molecule has 1 heterocycles. The number of carbonyl (C=O) groups excluding carboxylic acids is 2. The predicted octanol–water partition coefficient (Wildman–Crippen LogP) is 4.96. The van der Waals surface area contributed by atoms with Gasteiger partial charge in [-0.1, -0.05) is 42.5 Å². The average Bonchev–Trinajstić information content (AvgIpc) is 3.45. The summed E-state index contributed by atoms with van der Waals surface area (Å²) in [5.74, 6) is 0.0269. The zero-order valence-electron chi connectivity index (χ0n) is 19.9. The number of para-hydroxylation sites is 1. The maximum atomic E-state index is 13.6. The van der Waals surface area contributed by atoms with Gasteiger partial charge in [0, 0.05) is 5.56 Å². The van der Waals surface area contributed by atoms with Gasteiger partial charge in [-0.2, -0.15) is 0 Å². The van der Waals surface area contributed by atoms with E-state index < -0.39 is 17.6 Å². The van der Waals surface area contributed by atoms with Crippen molar-refractivity contribution in [2.24, 2.45) is 0 Å². The summed E-state index contributed by atoms with van der Waals surface area (Å²) >= 11 is 0. The van der Waals surface area contributed by atoms with Crippen LogP contribution in [-0.2, 0) is 11.3 Å². The lowest BCUT2D eigenvalue weighted by Gasteiger charge is -2.11. The van der Waals surface area contributed by atoms with Crippen LogP contribution in [0.1, 0.15) is 21.7 Å². The molecule has 3 aromatic carbocycles. The number of nitrogens with one attached hydrogen (secondary N) is 2. The third-order valence-corrected chi connectivity index (χ3v) is 5.17. The summed E-state index contributed by atoms with van der Waals surface area (Å²) < 4.78 is 29.9. The first kappa shape index (κ1) is 25.2. The van der Waals surface area contributed by atoms with Crippen LogP contribution in [0.3, 0.4) is 0 Å². The highest BCUT2D eigenvalue weighted by atomic mass is 19.1. The summed E-state index contributed by atoms with van der Waals surface area (Å²) in [4.78, 5) is 25.6. The number of carbonyl (C=O) groups is 2. The smallest absolute Gasteiger partial charge is 0.268 e. The van der Waals surface area contributed by atoms with Crippen LogP contribution in [0, 0.1) is 5.82 Å². The fraction of sp³-hybridized carbons (Fsp3) is 0.103. The molecule has 37 heavy (non-hydrogen) atoms. The second-order valence-corrected chi connectivity index (χ2v) is 7.84. The fourth-order valence-corrected chi connectivity index (χ4v) is 3.32. The standard InChI is InChI=1S/C29H25FN2O5/c30-25-10-4-5-11-27(25)37-18-17-36-23-14-12-21(13-15-23)19-26(29(34)31-20-24-9-6-16-35-24)32-28(33)22-7-2-1-3-8-22/h1-16,19H,17-18,20H2,(H,31,34)(H,32,33)/b26-19-. The number of amides is 2. The van der Waals surface area contributed by atoms with Crippen molar-refractivity contribution < 1.29 is 27.9 Å². The number of furan rings is 1. The molecule has 0 radical (unpaired) electrons. The molecule has 4 aromatic rings. The lowest BCUT2D eigenvalue weighted by Crippen LogP contribution is -2.34. The van der Waals surface area contributed by atoms with Gasteiger partial charge in [0.2, 0.25) is 0 Å². The van der Waals surface area contributed by atoms with E-state index in [2.05, 4.69) is 10.6 Å². The van der Waals surface area contributed by atoms with Gasteiger partial charge in [-0.05, 0) is 60.2 Å². The Morgan fingerprint density at radius 3 is 2.30 bits per heavy atom. The molecule has 7 nitrogen and oxygen atoms in total. The molecular weight excluding hydrogens is 475 g/mol. The number of ether oxygens (including phenoxy) is 2. The van der Waals surface area contributed by atoms with Crippen LogP contribution in [0.25, 0.3) is 6.08 Å². The molecule has 0 unspecified atom stereocenters. The van der Waals surface area contributed by atoms with Gasteiger partial charge in [0.05, 0.1) is 12.8 Å². The van der Waals surface area contributed by atoms with E-state index in [9.17, 15) is 14.0 Å². The summed E-state index contributed by atoms with van der Waals surface area (Å²) in [6.45, 7) is 0.567. The molecule has 0 saturated carbocycles. The van der Waals surface area contributed by atoms with Crippen LogP contribution in [0.15, 0.2) is 107 Å². The van der Waals surface area contributed by atoms with Crippen molar-refractivity contribution in [2.45, 2.75) is 6.54 Å². The molecule has 2 amide bonds. The second-order valence-electron chi connectivity index (χ2n) is 7.84. The largest absolute Gasteiger partial charge is 0.490 e. The number of benzene rings is 3. The molecule has 0 atom stereocenters. The summed E-state index contributed by atoms with van der Waals surface area (Å²) in [6.07, 6.45) is 3.09. The minimum Gasteiger partial charge on any atom is -0.490 e. The van der Waals surface area contributed by atoms with E-state index in [1.54, 1.807) is 91.0 Å². The maximum absolute atomic E-state index is 13.6. The molecule has 0 saturated heterocycles. The van der Waals surface area contributed by atoms with E-state index in [1.807, 2.05) is 0 Å². The highest BCUT2D eigenvalue weighted by Gasteiger charge is 2.15. The lowest BCUT2D eigenvalue weighted by molar-refractivity contribution is -0.118. The molecule has 8 heteroatoms. The molecule has 0 bridgehead atoms. The highest BCUT2D eigenvalue weighted by Crippen LogP contribution is 2.17. The van der Waals surface area contributed by atoms with Crippen LogP contribution < -0.4 is 20.1 Å². The first-order valence-corrected chi connectivity index (χ1v) is 11.6. The normalized spacial score (nSPS) is 11.0. The third kappa shape index (κ3) is 7.57. The van der Waals surface area contributed by atoms with E-state index in [-0.39, 0.29) is 31.2 Å². The monoisotopic (exact) mass is 500 g/mol. The molecule has 0 fully saturated rings. The van der Waals surface area contributed by atoms with Crippen LogP contribution in [0.5, 0.6) is 11.5 Å². The van der Waals surface area contributed by atoms with Crippen molar-refractivity contribution in [1.82, 2.24) is 10.6 Å². The molecule has 0 aliphatic rings. The fourth-order valence-electron chi connectivity index (χ4n) is 3.32. The Morgan fingerprint density at radius 1 is 0.838 bits per heavy atom. The molecule has 0 aliphatic carbocycles. The molecule has 2 N–H and O–H groups in total. The van der Waals surface area contributed by atoms with Crippen LogP contribution in [0.2, 0.25) is 0 Å². The number of rotatable bonds is 11. The first-order valence-electron chi connectivity index (χ1n) is 11.6. The summed E-state index contributed by atoms with van der Waals surface area (Å²) in [6, 6.07) is 25.2. The average molecular weight is 501 g/mol. The van der Waals surface area contributed by atoms with Gasteiger partial charge in [0.1, 0.15) is 30.4 Å². The van der Waals surface area contributed by atoms with E-state index in [0.717, 1.165) is 0 Å². The summed E-state index contributed by atoms with van der Waals surface area (Å²) in [5.41, 5.74) is 1.17. The van der Waals surface area contributed by atoms with Crippen molar-refractivity contribution in [3.8, 4) is 11.5 Å². The Hall–Kier alpha value is -4.85. The zero-order chi connectivity index (χ0) is 25.9. The predicted molar refractivity (Wildman–Crippen MR) is 136 cm³/mol. The molecular formula is C29H25FN2O5. The number of hydrogen-bond acceptors (Lipinski definition) is 5. The quantitative estimate of drug-likeness (QED) is 0.224. The van der Waals surface area contributed by atoms with E-state index in [1.165, 1.54) is 12.3 Å². The third-order valence-electron chi connectivity index (χ3n) is 5.17. The lowest BCUT2D eigenvalue weighted by atomic mass is 10.1. The SMILES string of the molecule is O=C(NCc1ccco1)/C(=C/c1ccc(OCCOc2ccccc2F)cc1)NC(=O)c1ccccc1. The zero-order valence-corrected chi connectivity index (χ0v) is 19.9. The molecule has 188 valence electrons. The van der Waals surface area contributed by atoms with Gasteiger partial charge in [0.25, 0.3) is 11.8 Å². The summed E-state index contributed by atoms with van der Waals surface area (Å²) in [5, 5.41) is 5.43. The van der Waals surface area contributed by atoms with Crippen molar-refractivity contribution in [1.29, 1.82) is 0 Å². The minimum atomic E-state index is -0.466. The minimum absolute atomic E-state index is 0.0763. The van der Waals surface area contributed by atoms with Crippen molar-refractivity contribution in [3.63, 3.8) is 0 Å². The van der Waals surface area contributed by atoms with Crippen molar-refractivity contribution in [2.75, 3.05) is 13.2 Å². The van der Waals surface area contributed by atoms with Gasteiger partial charge in [-0.3, -0.25) is 9.59 Å². The number of hydrogen-bond donors (Lipinski definition) is 2. The molecule has 1 aromatic heterocycles.